The highest BCUT2D eigenvalue weighted by atomic mass is 32.1. The molecule has 2 N–H and O–H groups in total. The molecule has 3 rings (SSSR count). The smallest absolute Gasteiger partial charge is 0.197 e. The Morgan fingerprint density at radius 1 is 1.24 bits per heavy atom. The van der Waals surface area contributed by atoms with Crippen LogP contribution in [0.4, 0.5) is 5.13 Å². The maximum absolute atomic E-state index is 4.44. The molecule has 1 aliphatic heterocycles. The van der Waals surface area contributed by atoms with Gasteiger partial charge in [-0.1, -0.05) is 17.7 Å². The number of nitrogens with zero attached hydrogens (tertiary/aromatic N) is 2. The van der Waals surface area contributed by atoms with Crippen LogP contribution in [0, 0.1) is 20.8 Å². The van der Waals surface area contributed by atoms with Crippen LogP contribution in [0.15, 0.2) is 23.3 Å². The van der Waals surface area contributed by atoms with Crippen LogP contribution < -0.4 is 10.6 Å². The van der Waals surface area contributed by atoms with Crippen LogP contribution in [0.5, 0.6) is 0 Å². The molecule has 21 heavy (non-hydrogen) atoms. The summed E-state index contributed by atoms with van der Waals surface area (Å²) in [6, 6.07) is 4.50. The predicted molar refractivity (Wildman–Crippen MR) is 89.5 cm³/mol. The van der Waals surface area contributed by atoms with E-state index < -0.39 is 0 Å². The van der Waals surface area contributed by atoms with Crippen molar-refractivity contribution in [1.29, 1.82) is 0 Å². The first-order valence-corrected chi connectivity index (χ1v) is 8.00. The molecule has 1 aliphatic rings. The third-order valence-corrected chi connectivity index (χ3v) is 4.56. The Hall–Kier alpha value is -1.88. The molecule has 2 heterocycles. The number of aliphatic imine (C=N–C) groups is 1. The quantitative estimate of drug-likeness (QED) is 0.916. The van der Waals surface area contributed by atoms with Crippen LogP contribution in [-0.4, -0.2) is 24.0 Å². The fraction of sp³-hybridized carbons (Fsp3) is 0.375. The number of hydrogen-bond donors (Lipinski definition) is 2. The topological polar surface area (TPSA) is 49.3 Å². The molecule has 0 saturated heterocycles. The highest BCUT2D eigenvalue weighted by molar-refractivity contribution is 7.15. The Balaban J connectivity index is 1.75. The highest BCUT2D eigenvalue weighted by Gasteiger charge is 2.10. The number of aromatic nitrogens is 1. The summed E-state index contributed by atoms with van der Waals surface area (Å²) in [7, 11) is 0. The molecule has 0 aliphatic carbocycles. The Kier molecular flexibility index (Phi) is 3.92. The number of anilines is 1. The van der Waals surface area contributed by atoms with Crippen molar-refractivity contribution in [2.45, 2.75) is 27.2 Å². The second-order valence-electron chi connectivity index (χ2n) is 5.47. The second kappa shape index (κ2) is 5.85. The minimum atomic E-state index is 0.832. The zero-order valence-corrected chi connectivity index (χ0v) is 13.5. The first-order chi connectivity index (χ1) is 10.1. The molecule has 0 spiro atoms. The van der Waals surface area contributed by atoms with E-state index in [1.807, 2.05) is 6.20 Å². The molecule has 0 bridgehead atoms. The van der Waals surface area contributed by atoms with Gasteiger partial charge in [-0.15, -0.1) is 11.3 Å². The summed E-state index contributed by atoms with van der Waals surface area (Å²) in [5.74, 6) is 0.832. The van der Waals surface area contributed by atoms with Crippen LogP contribution in [-0.2, 0) is 6.42 Å². The van der Waals surface area contributed by atoms with Crippen molar-refractivity contribution in [2.75, 3.05) is 18.4 Å². The average molecular weight is 300 g/mol. The Labute approximate surface area is 129 Å². The Morgan fingerprint density at radius 2 is 2.00 bits per heavy atom. The van der Waals surface area contributed by atoms with E-state index in [0.717, 1.165) is 30.6 Å². The minimum absolute atomic E-state index is 0.832. The fourth-order valence-corrected chi connectivity index (χ4v) is 3.52. The maximum Gasteiger partial charge on any atom is 0.197 e. The number of rotatable bonds is 3. The molecule has 0 radical (unpaired) electrons. The lowest BCUT2D eigenvalue weighted by Gasteiger charge is -2.10. The van der Waals surface area contributed by atoms with Crippen LogP contribution in [0.1, 0.15) is 27.1 Å². The van der Waals surface area contributed by atoms with Crippen molar-refractivity contribution in [1.82, 2.24) is 10.3 Å². The summed E-state index contributed by atoms with van der Waals surface area (Å²) in [5, 5.41) is 7.33. The van der Waals surface area contributed by atoms with Crippen LogP contribution in [0.3, 0.4) is 0 Å². The third-order valence-electron chi connectivity index (χ3n) is 3.64. The van der Waals surface area contributed by atoms with E-state index in [2.05, 4.69) is 53.5 Å². The number of aryl methyl sites for hydroxylation is 3. The van der Waals surface area contributed by atoms with E-state index in [1.54, 1.807) is 11.3 Å². The largest absolute Gasteiger partial charge is 0.354 e. The zero-order chi connectivity index (χ0) is 14.8. The molecule has 4 nitrogen and oxygen atoms in total. The van der Waals surface area contributed by atoms with E-state index in [-0.39, 0.29) is 0 Å². The van der Waals surface area contributed by atoms with Gasteiger partial charge in [0.05, 0.1) is 6.54 Å². The van der Waals surface area contributed by atoms with Gasteiger partial charge in [0.1, 0.15) is 0 Å². The molecule has 0 atom stereocenters. The molecule has 1 aromatic heterocycles. The number of thiazole rings is 1. The SMILES string of the molecule is Cc1cc(C)c(Cc2cnc(NC3=NCCN3)s2)c(C)c1. The lowest BCUT2D eigenvalue weighted by Crippen LogP contribution is -2.25. The number of nitrogens with one attached hydrogen (secondary N) is 2. The summed E-state index contributed by atoms with van der Waals surface area (Å²) in [6.45, 7) is 8.26. The molecule has 0 saturated carbocycles. The summed E-state index contributed by atoms with van der Waals surface area (Å²) in [4.78, 5) is 10.0. The second-order valence-corrected chi connectivity index (χ2v) is 6.58. The molecule has 1 aromatic carbocycles. The molecule has 0 amide bonds. The normalized spacial score (nSPS) is 14.0. The summed E-state index contributed by atoms with van der Waals surface area (Å²) in [5.41, 5.74) is 5.45. The van der Waals surface area contributed by atoms with Gasteiger partial charge in [0.2, 0.25) is 0 Å². The van der Waals surface area contributed by atoms with E-state index in [9.17, 15) is 0 Å². The standard InChI is InChI=1S/C16H20N4S/c1-10-6-11(2)14(12(3)7-10)8-13-9-19-16(21-13)20-15-17-4-5-18-15/h6-7,9H,4-5,8H2,1-3H3,(H2,17,18,19,20). The van der Waals surface area contributed by atoms with Gasteiger partial charge in [0.25, 0.3) is 0 Å². The van der Waals surface area contributed by atoms with E-state index in [1.165, 1.54) is 27.1 Å². The van der Waals surface area contributed by atoms with Crippen molar-refractivity contribution in [3.63, 3.8) is 0 Å². The summed E-state index contributed by atoms with van der Waals surface area (Å²) >= 11 is 1.69. The van der Waals surface area contributed by atoms with Gasteiger partial charge >= 0.3 is 0 Å². The van der Waals surface area contributed by atoms with Gasteiger partial charge in [-0.2, -0.15) is 0 Å². The van der Waals surface area contributed by atoms with Gasteiger partial charge in [-0.3, -0.25) is 4.99 Å². The van der Waals surface area contributed by atoms with Crippen LogP contribution >= 0.6 is 11.3 Å². The Morgan fingerprint density at radius 3 is 2.67 bits per heavy atom. The van der Waals surface area contributed by atoms with Crippen LogP contribution in [0.2, 0.25) is 0 Å². The third kappa shape index (κ3) is 3.24. The summed E-state index contributed by atoms with van der Waals surface area (Å²) < 4.78 is 0. The van der Waals surface area contributed by atoms with Crippen molar-refractivity contribution in [3.05, 3.63) is 45.5 Å². The average Bonchev–Trinajstić information content (AvgIpc) is 3.06. The fourth-order valence-electron chi connectivity index (χ4n) is 2.69. The minimum Gasteiger partial charge on any atom is -0.354 e. The van der Waals surface area contributed by atoms with Gasteiger partial charge in [0.15, 0.2) is 11.1 Å². The van der Waals surface area contributed by atoms with E-state index in [0.29, 0.717) is 0 Å². The number of hydrogen-bond acceptors (Lipinski definition) is 5. The number of guanidine groups is 1. The van der Waals surface area contributed by atoms with Gasteiger partial charge in [-0.05, 0) is 37.5 Å². The van der Waals surface area contributed by atoms with Gasteiger partial charge in [-0.25, -0.2) is 4.98 Å². The predicted octanol–water partition coefficient (Wildman–Crippen LogP) is 3.03. The van der Waals surface area contributed by atoms with Crippen molar-refractivity contribution in [2.24, 2.45) is 4.99 Å². The molecular formula is C16H20N4S. The molecule has 0 unspecified atom stereocenters. The molecule has 5 heteroatoms. The molecule has 110 valence electrons. The van der Waals surface area contributed by atoms with E-state index in [4.69, 9.17) is 0 Å². The van der Waals surface area contributed by atoms with Crippen molar-refractivity contribution in [3.8, 4) is 0 Å². The Bertz CT molecular complexity index is 664. The summed E-state index contributed by atoms with van der Waals surface area (Å²) in [6.07, 6.45) is 2.90. The number of benzene rings is 1. The molecule has 2 aromatic rings. The monoisotopic (exact) mass is 300 g/mol. The van der Waals surface area contributed by atoms with Crippen molar-refractivity contribution < 1.29 is 0 Å². The molecule has 0 fully saturated rings. The van der Waals surface area contributed by atoms with Crippen molar-refractivity contribution >= 4 is 22.4 Å². The maximum atomic E-state index is 4.44. The molecular weight excluding hydrogens is 280 g/mol. The lowest BCUT2D eigenvalue weighted by atomic mass is 9.97. The van der Waals surface area contributed by atoms with Crippen LogP contribution in [0.25, 0.3) is 0 Å². The first-order valence-electron chi connectivity index (χ1n) is 7.18. The van der Waals surface area contributed by atoms with Gasteiger partial charge in [0, 0.05) is 24.0 Å². The first kappa shape index (κ1) is 14.1. The van der Waals surface area contributed by atoms with Gasteiger partial charge < -0.3 is 10.6 Å². The highest BCUT2D eigenvalue weighted by Crippen LogP contribution is 2.25. The zero-order valence-electron chi connectivity index (χ0n) is 12.7. The lowest BCUT2D eigenvalue weighted by molar-refractivity contribution is 0.959. The van der Waals surface area contributed by atoms with E-state index >= 15 is 0 Å².